The van der Waals surface area contributed by atoms with Gasteiger partial charge in [0.15, 0.2) is 5.16 Å². The minimum atomic E-state index is -0.321. The Morgan fingerprint density at radius 3 is 2.74 bits per heavy atom. The number of rotatable bonds is 6. The number of hydrogen-bond acceptors (Lipinski definition) is 4. The van der Waals surface area contributed by atoms with Crippen LogP contribution in [-0.4, -0.2) is 20.7 Å². The van der Waals surface area contributed by atoms with Gasteiger partial charge in [-0.3, -0.25) is 4.79 Å². The van der Waals surface area contributed by atoms with Crippen LogP contribution in [0.15, 0.2) is 53.7 Å². The molecule has 0 aliphatic rings. The number of fused-ring (bicyclic) bond motifs is 1. The van der Waals surface area contributed by atoms with Crippen molar-refractivity contribution >= 4 is 34.4 Å². The Morgan fingerprint density at radius 2 is 2.00 bits per heavy atom. The highest BCUT2D eigenvalue weighted by Crippen LogP contribution is 2.28. The maximum Gasteiger partial charge on any atom is 0.237 e. The molecule has 0 unspecified atom stereocenters. The van der Waals surface area contributed by atoms with E-state index in [-0.39, 0.29) is 11.2 Å². The highest BCUT2D eigenvalue weighted by atomic mass is 32.2. The van der Waals surface area contributed by atoms with E-state index in [1.807, 2.05) is 25.1 Å². The minimum absolute atomic E-state index is 0.113. The number of nitriles is 1. The number of carbonyl (C=O) groups is 1. The lowest BCUT2D eigenvalue weighted by atomic mass is 10.2. The summed E-state index contributed by atoms with van der Waals surface area (Å²) in [6.07, 6.45) is 0. The topological polar surface area (TPSA) is 70.7 Å². The number of carbonyl (C=O) groups excluding carboxylic acids is 1. The average molecular weight is 379 g/mol. The Kier molecular flexibility index (Phi) is 5.82. The summed E-state index contributed by atoms with van der Waals surface area (Å²) in [5.41, 5.74) is 3.17. The van der Waals surface area contributed by atoms with E-state index in [0.29, 0.717) is 17.2 Å². The number of para-hydroxylation sites is 2. The molecule has 27 heavy (non-hydrogen) atoms. The first-order valence-electron chi connectivity index (χ1n) is 8.91. The molecule has 0 saturated carbocycles. The summed E-state index contributed by atoms with van der Waals surface area (Å²) in [5.74, 6) is 0.359. The van der Waals surface area contributed by atoms with Gasteiger partial charge in [-0.05, 0) is 43.2 Å². The number of aromatic nitrogens is 2. The van der Waals surface area contributed by atoms with Crippen molar-refractivity contribution in [2.75, 3.05) is 5.32 Å². The van der Waals surface area contributed by atoms with E-state index in [1.54, 1.807) is 24.3 Å². The van der Waals surface area contributed by atoms with Crippen molar-refractivity contribution in [1.29, 1.82) is 5.26 Å². The molecule has 1 heterocycles. The monoisotopic (exact) mass is 378 g/mol. The molecule has 3 aromatic rings. The first kappa shape index (κ1) is 19.0. The number of benzene rings is 2. The molecule has 5 nitrogen and oxygen atoms in total. The molecule has 1 amide bonds. The highest BCUT2D eigenvalue weighted by molar-refractivity contribution is 8.00. The predicted molar refractivity (Wildman–Crippen MR) is 110 cm³/mol. The van der Waals surface area contributed by atoms with Crippen molar-refractivity contribution in [1.82, 2.24) is 9.55 Å². The lowest BCUT2D eigenvalue weighted by Crippen LogP contribution is -2.23. The molecule has 0 spiro atoms. The summed E-state index contributed by atoms with van der Waals surface area (Å²) in [5, 5.41) is 12.4. The molecule has 1 atom stereocenters. The van der Waals surface area contributed by atoms with E-state index in [1.165, 1.54) is 11.8 Å². The summed E-state index contributed by atoms with van der Waals surface area (Å²) in [6.45, 7) is 7.05. The third kappa shape index (κ3) is 4.50. The number of nitrogens with zero attached hydrogens (tertiary/aromatic N) is 3. The Balaban J connectivity index is 1.79. The van der Waals surface area contributed by atoms with Gasteiger partial charge in [-0.25, -0.2) is 4.98 Å². The number of amides is 1. The minimum Gasteiger partial charge on any atom is -0.325 e. The SMILES string of the molecule is CC(C)Cn1c(S[C@H](C)C(=O)Nc2cccc(C#N)c2)nc2ccccc21. The fourth-order valence-electron chi connectivity index (χ4n) is 2.81. The van der Waals surface area contributed by atoms with Crippen molar-refractivity contribution in [3.8, 4) is 6.07 Å². The van der Waals surface area contributed by atoms with Crippen LogP contribution in [-0.2, 0) is 11.3 Å². The van der Waals surface area contributed by atoms with Gasteiger partial charge in [0.1, 0.15) is 0 Å². The van der Waals surface area contributed by atoms with Gasteiger partial charge in [0.2, 0.25) is 5.91 Å². The van der Waals surface area contributed by atoms with Gasteiger partial charge < -0.3 is 9.88 Å². The maximum absolute atomic E-state index is 12.6. The molecule has 138 valence electrons. The first-order valence-corrected chi connectivity index (χ1v) is 9.79. The lowest BCUT2D eigenvalue weighted by Gasteiger charge is -2.15. The fourth-order valence-corrected chi connectivity index (χ4v) is 3.74. The number of nitrogens with one attached hydrogen (secondary N) is 1. The van der Waals surface area contributed by atoms with Crippen LogP contribution in [0, 0.1) is 17.2 Å². The molecule has 2 aromatic carbocycles. The Morgan fingerprint density at radius 1 is 1.22 bits per heavy atom. The van der Waals surface area contributed by atoms with Gasteiger partial charge in [-0.2, -0.15) is 5.26 Å². The zero-order valence-electron chi connectivity index (χ0n) is 15.6. The van der Waals surface area contributed by atoms with Crippen molar-refractivity contribution in [3.63, 3.8) is 0 Å². The number of anilines is 1. The molecular weight excluding hydrogens is 356 g/mol. The second-order valence-electron chi connectivity index (χ2n) is 6.83. The Labute approximate surface area is 163 Å². The van der Waals surface area contributed by atoms with Crippen LogP contribution in [0.5, 0.6) is 0 Å². The molecule has 0 aliphatic carbocycles. The van der Waals surface area contributed by atoms with E-state index in [2.05, 4.69) is 35.9 Å². The third-order valence-electron chi connectivity index (χ3n) is 4.08. The molecule has 1 aromatic heterocycles. The van der Waals surface area contributed by atoms with Crippen molar-refractivity contribution < 1.29 is 4.79 Å². The highest BCUT2D eigenvalue weighted by Gasteiger charge is 2.20. The number of imidazole rings is 1. The fraction of sp³-hybridized carbons (Fsp3) is 0.286. The van der Waals surface area contributed by atoms with Crippen LogP contribution < -0.4 is 5.32 Å². The second kappa shape index (κ2) is 8.28. The first-order chi connectivity index (χ1) is 13.0. The van der Waals surface area contributed by atoms with Gasteiger partial charge in [0.05, 0.1) is 27.9 Å². The molecule has 0 radical (unpaired) electrons. The Hall–Kier alpha value is -2.78. The van der Waals surface area contributed by atoms with Crippen molar-refractivity contribution in [2.45, 2.75) is 37.7 Å². The molecule has 0 saturated heterocycles. The summed E-state index contributed by atoms with van der Waals surface area (Å²) in [6, 6.07) is 17.0. The quantitative estimate of drug-likeness (QED) is 0.632. The van der Waals surface area contributed by atoms with Gasteiger partial charge in [-0.1, -0.05) is 43.8 Å². The molecule has 3 rings (SSSR count). The maximum atomic E-state index is 12.6. The summed E-state index contributed by atoms with van der Waals surface area (Å²) in [7, 11) is 0. The summed E-state index contributed by atoms with van der Waals surface area (Å²) < 4.78 is 2.19. The van der Waals surface area contributed by atoms with E-state index in [9.17, 15) is 4.79 Å². The third-order valence-corrected chi connectivity index (χ3v) is 5.17. The van der Waals surface area contributed by atoms with Gasteiger partial charge in [0, 0.05) is 12.2 Å². The van der Waals surface area contributed by atoms with Gasteiger partial charge in [-0.15, -0.1) is 0 Å². The van der Waals surface area contributed by atoms with Crippen molar-refractivity contribution in [3.05, 3.63) is 54.1 Å². The standard InChI is InChI=1S/C21H22N4OS/c1-14(2)13-25-19-10-5-4-9-18(19)24-21(25)27-15(3)20(26)23-17-8-6-7-16(11-17)12-22/h4-11,14-15H,13H2,1-3H3,(H,23,26)/t15-/m1/s1. The van der Waals surface area contributed by atoms with Crippen LogP contribution in [0.4, 0.5) is 5.69 Å². The Bertz CT molecular complexity index is 1000. The zero-order chi connectivity index (χ0) is 19.4. The van der Waals surface area contributed by atoms with E-state index in [0.717, 1.165) is 22.7 Å². The molecule has 6 heteroatoms. The van der Waals surface area contributed by atoms with Gasteiger partial charge >= 0.3 is 0 Å². The lowest BCUT2D eigenvalue weighted by molar-refractivity contribution is -0.115. The van der Waals surface area contributed by atoms with Crippen LogP contribution in [0.3, 0.4) is 0 Å². The van der Waals surface area contributed by atoms with E-state index in [4.69, 9.17) is 10.2 Å². The summed E-state index contributed by atoms with van der Waals surface area (Å²) >= 11 is 1.45. The molecule has 0 fully saturated rings. The van der Waals surface area contributed by atoms with Crippen LogP contribution in [0.1, 0.15) is 26.3 Å². The molecule has 0 aliphatic heterocycles. The van der Waals surface area contributed by atoms with E-state index >= 15 is 0 Å². The zero-order valence-corrected chi connectivity index (χ0v) is 16.5. The largest absolute Gasteiger partial charge is 0.325 e. The van der Waals surface area contributed by atoms with Gasteiger partial charge in [0.25, 0.3) is 0 Å². The number of hydrogen-bond donors (Lipinski definition) is 1. The molecule has 1 N–H and O–H groups in total. The number of thioether (sulfide) groups is 1. The van der Waals surface area contributed by atoms with Crippen LogP contribution >= 0.6 is 11.8 Å². The average Bonchev–Trinajstić information content (AvgIpc) is 2.98. The predicted octanol–water partition coefficient (Wildman–Crippen LogP) is 4.68. The smallest absolute Gasteiger partial charge is 0.237 e. The van der Waals surface area contributed by atoms with Crippen LogP contribution in [0.25, 0.3) is 11.0 Å². The van der Waals surface area contributed by atoms with Crippen LogP contribution in [0.2, 0.25) is 0 Å². The molecular formula is C21H22N4OS. The van der Waals surface area contributed by atoms with E-state index < -0.39 is 0 Å². The normalized spacial score (nSPS) is 12.1. The molecule has 0 bridgehead atoms. The van der Waals surface area contributed by atoms with Crippen molar-refractivity contribution in [2.24, 2.45) is 5.92 Å². The second-order valence-corrected chi connectivity index (χ2v) is 8.14. The summed E-state index contributed by atoms with van der Waals surface area (Å²) in [4.78, 5) is 17.3.